The molecule has 1 aliphatic rings. The van der Waals surface area contributed by atoms with Crippen molar-refractivity contribution in [2.24, 2.45) is 0 Å². The number of esters is 1. The lowest BCUT2D eigenvalue weighted by Gasteiger charge is -2.26. The van der Waals surface area contributed by atoms with E-state index in [-0.39, 0.29) is 23.9 Å². The van der Waals surface area contributed by atoms with E-state index in [2.05, 4.69) is 5.10 Å². The largest absolute Gasteiger partial charge is 0.497 e. The van der Waals surface area contributed by atoms with Crippen LogP contribution in [0.4, 0.5) is 4.39 Å². The Morgan fingerprint density at radius 3 is 2.59 bits per heavy atom. The summed E-state index contributed by atoms with van der Waals surface area (Å²) in [5.41, 5.74) is 1.74. The van der Waals surface area contributed by atoms with Gasteiger partial charge in [0.2, 0.25) is 0 Å². The van der Waals surface area contributed by atoms with Gasteiger partial charge >= 0.3 is 5.97 Å². The van der Waals surface area contributed by atoms with Crippen molar-refractivity contribution in [3.05, 3.63) is 66.1 Å². The van der Waals surface area contributed by atoms with Crippen molar-refractivity contribution in [2.45, 2.75) is 0 Å². The predicted octanol–water partition coefficient (Wildman–Crippen LogP) is 2.70. The van der Waals surface area contributed by atoms with Gasteiger partial charge in [-0.1, -0.05) is 12.1 Å². The number of ether oxygens (including phenoxy) is 3. The van der Waals surface area contributed by atoms with Crippen molar-refractivity contribution < 1.29 is 28.2 Å². The Labute approximate surface area is 184 Å². The molecule has 1 saturated heterocycles. The van der Waals surface area contributed by atoms with Crippen LogP contribution < -0.4 is 4.74 Å². The topological polar surface area (TPSA) is 82.9 Å². The predicted molar refractivity (Wildman–Crippen MR) is 113 cm³/mol. The zero-order valence-corrected chi connectivity index (χ0v) is 17.5. The molecule has 0 atom stereocenters. The van der Waals surface area contributed by atoms with Gasteiger partial charge in [0.15, 0.2) is 6.61 Å². The van der Waals surface area contributed by atoms with Crippen LogP contribution in [0.2, 0.25) is 0 Å². The summed E-state index contributed by atoms with van der Waals surface area (Å²) in [7, 11) is 1.54. The number of nitrogens with zero attached hydrogens (tertiary/aromatic N) is 3. The fourth-order valence-electron chi connectivity index (χ4n) is 3.34. The lowest BCUT2D eigenvalue weighted by atomic mass is 10.1. The van der Waals surface area contributed by atoms with Crippen LogP contribution in [0.5, 0.6) is 5.75 Å². The van der Waals surface area contributed by atoms with Crippen LogP contribution in [0.3, 0.4) is 0 Å². The molecule has 2 aromatic carbocycles. The van der Waals surface area contributed by atoms with Crippen molar-refractivity contribution in [3.63, 3.8) is 0 Å². The SMILES string of the molecule is COc1cccc(-c2nn(-c3ccc(F)cc3)cc2C(=O)OCC(=O)N2CCOCC2)c1. The molecular weight excluding hydrogens is 417 g/mol. The van der Waals surface area contributed by atoms with Crippen molar-refractivity contribution in [2.75, 3.05) is 40.0 Å². The van der Waals surface area contributed by atoms with E-state index in [0.717, 1.165) is 0 Å². The molecule has 1 amide bonds. The fourth-order valence-corrected chi connectivity index (χ4v) is 3.34. The second-order valence-electron chi connectivity index (χ2n) is 7.11. The molecular formula is C23H22FN3O5. The van der Waals surface area contributed by atoms with Gasteiger partial charge < -0.3 is 19.1 Å². The van der Waals surface area contributed by atoms with Crippen LogP contribution in [-0.4, -0.2) is 66.6 Å². The highest BCUT2D eigenvalue weighted by molar-refractivity contribution is 5.97. The third-order valence-electron chi connectivity index (χ3n) is 5.06. The number of rotatable bonds is 6. The van der Waals surface area contributed by atoms with Gasteiger partial charge in [-0.05, 0) is 36.4 Å². The number of hydrogen-bond acceptors (Lipinski definition) is 6. The molecule has 3 aromatic rings. The van der Waals surface area contributed by atoms with E-state index in [1.54, 1.807) is 48.4 Å². The molecule has 0 N–H and O–H groups in total. The van der Waals surface area contributed by atoms with E-state index in [4.69, 9.17) is 14.2 Å². The van der Waals surface area contributed by atoms with Crippen LogP contribution in [0.1, 0.15) is 10.4 Å². The van der Waals surface area contributed by atoms with Crippen LogP contribution in [-0.2, 0) is 14.3 Å². The van der Waals surface area contributed by atoms with E-state index in [1.165, 1.54) is 23.0 Å². The Balaban J connectivity index is 1.61. The van der Waals surface area contributed by atoms with Crippen molar-refractivity contribution in [1.82, 2.24) is 14.7 Å². The van der Waals surface area contributed by atoms with Gasteiger partial charge in [0.05, 0.1) is 26.0 Å². The summed E-state index contributed by atoms with van der Waals surface area (Å²) in [6.07, 6.45) is 1.50. The third kappa shape index (κ3) is 4.78. The number of morpholine rings is 1. The summed E-state index contributed by atoms with van der Waals surface area (Å²) in [4.78, 5) is 26.9. The summed E-state index contributed by atoms with van der Waals surface area (Å²) in [5.74, 6) is -0.746. The number of carbonyl (C=O) groups is 2. The van der Waals surface area contributed by atoms with E-state index in [9.17, 15) is 14.0 Å². The first kappa shape index (κ1) is 21.5. The standard InChI is InChI=1S/C23H22FN3O5/c1-30-19-4-2-3-16(13-19)22-20(14-27(25-22)18-7-5-17(24)6-8-18)23(29)32-15-21(28)26-9-11-31-12-10-26/h2-8,13-14H,9-12,15H2,1H3. The Morgan fingerprint density at radius 2 is 1.88 bits per heavy atom. The molecule has 166 valence electrons. The molecule has 4 rings (SSSR count). The van der Waals surface area contributed by atoms with Gasteiger partial charge in [0, 0.05) is 24.8 Å². The van der Waals surface area contributed by atoms with Gasteiger partial charge in [-0.2, -0.15) is 5.10 Å². The second-order valence-corrected chi connectivity index (χ2v) is 7.11. The molecule has 1 aromatic heterocycles. The summed E-state index contributed by atoms with van der Waals surface area (Å²) >= 11 is 0. The monoisotopic (exact) mass is 439 g/mol. The number of amides is 1. The number of methoxy groups -OCH3 is 1. The van der Waals surface area contributed by atoms with Crippen LogP contribution in [0.15, 0.2) is 54.7 Å². The zero-order chi connectivity index (χ0) is 22.5. The van der Waals surface area contributed by atoms with Crippen molar-refractivity contribution in [1.29, 1.82) is 0 Å². The van der Waals surface area contributed by atoms with Crippen LogP contribution in [0, 0.1) is 5.82 Å². The fraction of sp³-hybridized carbons (Fsp3) is 0.261. The van der Waals surface area contributed by atoms with Crippen LogP contribution >= 0.6 is 0 Å². The van der Waals surface area contributed by atoms with Gasteiger partial charge in [-0.25, -0.2) is 13.9 Å². The maximum absolute atomic E-state index is 13.3. The minimum absolute atomic E-state index is 0.178. The average molecular weight is 439 g/mol. The number of carbonyl (C=O) groups excluding carboxylic acids is 2. The maximum atomic E-state index is 13.3. The quantitative estimate of drug-likeness (QED) is 0.550. The van der Waals surface area contributed by atoms with E-state index in [0.29, 0.717) is 49.0 Å². The minimum Gasteiger partial charge on any atom is -0.497 e. The number of aromatic nitrogens is 2. The maximum Gasteiger partial charge on any atom is 0.342 e. The molecule has 2 heterocycles. The summed E-state index contributed by atoms with van der Waals surface area (Å²) in [5, 5.41) is 4.52. The minimum atomic E-state index is -0.683. The molecule has 8 nitrogen and oxygen atoms in total. The first-order valence-electron chi connectivity index (χ1n) is 10.1. The average Bonchev–Trinajstić information content (AvgIpc) is 3.29. The first-order chi connectivity index (χ1) is 15.5. The molecule has 9 heteroatoms. The molecule has 1 aliphatic heterocycles. The smallest absolute Gasteiger partial charge is 0.342 e. The molecule has 0 bridgehead atoms. The second kappa shape index (κ2) is 9.61. The number of hydrogen-bond donors (Lipinski definition) is 0. The van der Waals surface area contributed by atoms with Gasteiger partial charge in [0.1, 0.15) is 22.8 Å². The van der Waals surface area contributed by atoms with E-state index >= 15 is 0 Å². The third-order valence-corrected chi connectivity index (χ3v) is 5.06. The molecule has 0 aliphatic carbocycles. The van der Waals surface area contributed by atoms with Gasteiger partial charge in [0.25, 0.3) is 5.91 Å². The highest BCUT2D eigenvalue weighted by Gasteiger charge is 2.23. The highest BCUT2D eigenvalue weighted by atomic mass is 19.1. The lowest BCUT2D eigenvalue weighted by Crippen LogP contribution is -2.42. The Morgan fingerprint density at radius 1 is 1.12 bits per heavy atom. The molecule has 1 fully saturated rings. The summed E-state index contributed by atoms with van der Waals surface area (Å²) in [6.45, 7) is 1.48. The molecule has 0 unspecified atom stereocenters. The number of halogens is 1. The summed E-state index contributed by atoms with van der Waals surface area (Å²) < 4.78 is 30.6. The molecule has 0 saturated carbocycles. The van der Waals surface area contributed by atoms with E-state index in [1.807, 2.05) is 0 Å². The van der Waals surface area contributed by atoms with Crippen LogP contribution in [0.25, 0.3) is 16.9 Å². The van der Waals surface area contributed by atoms with Crippen molar-refractivity contribution in [3.8, 4) is 22.7 Å². The summed E-state index contributed by atoms with van der Waals surface area (Å²) in [6, 6.07) is 12.8. The zero-order valence-electron chi connectivity index (χ0n) is 17.5. The normalized spacial score (nSPS) is 13.6. The Bertz CT molecular complexity index is 1110. The van der Waals surface area contributed by atoms with Crippen molar-refractivity contribution >= 4 is 11.9 Å². The van der Waals surface area contributed by atoms with E-state index < -0.39 is 5.97 Å². The Hall–Kier alpha value is -3.72. The molecule has 0 spiro atoms. The first-order valence-corrected chi connectivity index (χ1v) is 10.1. The van der Waals surface area contributed by atoms with Gasteiger partial charge in [-0.3, -0.25) is 4.79 Å². The lowest BCUT2D eigenvalue weighted by molar-refractivity contribution is -0.138. The number of benzene rings is 2. The highest BCUT2D eigenvalue weighted by Crippen LogP contribution is 2.27. The Kier molecular flexibility index (Phi) is 6.46. The molecule has 32 heavy (non-hydrogen) atoms. The molecule has 0 radical (unpaired) electrons. The van der Waals surface area contributed by atoms with Gasteiger partial charge in [-0.15, -0.1) is 0 Å².